The Kier molecular flexibility index (Phi) is 8.84. The molecule has 0 spiro atoms. The summed E-state index contributed by atoms with van der Waals surface area (Å²) in [7, 11) is 0. The van der Waals surface area contributed by atoms with E-state index < -0.39 is 0 Å². The van der Waals surface area contributed by atoms with Gasteiger partial charge in [-0.15, -0.1) is 0 Å². The van der Waals surface area contributed by atoms with E-state index in [2.05, 4.69) is 46.4 Å². The molecule has 1 N–H and O–H groups in total. The van der Waals surface area contributed by atoms with Gasteiger partial charge in [0.2, 0.25) is 0 Å². The van der Waals surface area contributed by atoms with Gasteiger partial charge in [-0.3, -0.25) is 9.20 Å². The third-order valence-corrected chi connectivity index (χ3v) is 7.40. The maximum absolute atomic E-state index is 13.1. The molecule has 0 saturated heterocycles. The van der Waals surface area contributed by atoms with Gasteiger partial charge in [-0.2, -0.15) is 0 Å². The molecule has 0 radical (unpaired) electrons. The first-order valence-corrected chi connectivity index (χ1v) is 13.7. The van der Waals surface area contributed by atoms with Crippen LogP contribution in [-0.4, -0.2) is 28.4 Å². The lowest BCUT2D eigenvalue weighted by Crippen LogP contribution is -2.26. The summed E-state index contributed by atoms with van der Waals surface area (Å²) in [5, 5.41) is 3.12. The highest BCUT2D eigenvalue weighted by Gasteiger charge is 2.18. The van der Waals surface area contributed by atoms with Crippen molar-refractivity contribution in [3.63, 3.8) is 0 Å². The molecule has 5 heteroatoms. The number of carbonyl (C=O) groups excluding carboxylic acids is 1. The first-order valence-electron chi connectivity index (χ1n) is 13.7. The van der Waals surface area contributed by atoms with Gasteiger partial charge in [-0.1, -0.05) is 70.6 Å². The highest BCUT2D eigenvalue weighted by atomic mass is 16.1. The molecule has 2 heterocycles. The molecule has 2 aromatic heterocycles. The van der Waals surface area contributed by atoms with Crippen molar-refractivity contribution in [2.75, 3.05) is 18.0 Å². The van der Waals surface area contributed by atoms with Gasteiger partial charge in [0.15, 0.2) is 0 Å². The van der Waals surface area contributed by atoms with Crippen LogP contribution in [-0.2, 0) is 13.0 Å². The van der Waals surface area contributed by atoms with Crippen molar-refractivity contribution in [3.05, 3.63) is 65.1 Å². The fourth-order valence-electron chi connectivity index (χ4n) is 5.45. The smallest absolute Gasteiger partial charge is 0.270 e. The Bertz CT molecular complexity index is 1100. The lowest BCUT2D eigenvalue weighted by molar-refractivity contribution is 0.0944. The Labute approximate surface area is 210 Å². The average Bonchev–Trinajstić information content (AvgIpc) is 3.52. The van der Waals surface area contributed by atoms with E-state index in [1.54, 1.807) is 0 Å². The molecule has 1 saturated carbocycles. The van der Waals surface area contributed by atoms with Crippen LogP contribution in [0.2, 0.25) is 0 Å². The topological polar surface area (TPSA) is 49.6 Å². The summed E-state index contributed by atoms with van der Waals surface area (Å²) in [6.45, 7) is 9.06. The van der Waals surface area contributed by atoms with E-state index >= 15 is 0 Å². The van der Waals surface area contributed by atoms with Crippen molar-refractivity contribution in [2.45, 2.75) is 85.1 Å². The number of pyridine rings is 1. The van der Waals surface area contributed by atoms with Crippen molar-refractivity contribution < 1.29 is 4.79 Å². The second-order valence-corrected chi connectivity index (χ2v) is 10.2. The minimum atomic E-state index is -0.0705. The maximum atomic E-state index is 13.1. The molecule has 0 bridgehead atoms. The van der Waals surface area contributed by atoms with Crippen LogP contribution in [0.1, 0.15) is 92.5 Å². The Morgan fingerprint density at radius 3 is 2.54 bits per heavy atom. The van der Waals surface area contributed by atoms with Gasteiger partial charge in [0.05, 0.1) is 5.69 Å². The molecule has 1 aliphatic rings. The molecule has 0 atom stereocenters. The van der Waals surface area contributed by atoms with Crippen LogP contribution in [0.5, 0.6) is 0 Å². The number of anilines is 1. The van der Waals surface area contributed by atoms with E-state index in [1.807, 2.05) is 36.6 Å². The van der Waals surface area contributed by atoms with E-state index in [4.69, 9.17) is 0 Å². The number of fused-ring (bicyclic) bond motifs is 1. The normalized spacial score (nSPS) is 14.0. The zero-order valence-electron chi connectivity index (χ0n) is 21.9. The minimum Gasteiger partial charge on any atom is -0.372 e. The van der Waals surface area contributed by atoms with Crippen molar-refractivity contribution in [3.8, 4) is 0 Å². The van der Waals surface area contributed by atoms with Crippen LogP contribution >= 0.6 is 0 Å². The van der Waals surface area contributed by atoms with Crippen LogP contribution in [0.15, 0.2) is 42.6 Å². The molecule has 0 aliphatic heterocycles. The van der Waals surface area contributed by atoms with Crippen LogP contribution < -0.4 is 10.2 Å². The highest BCUT2D eigenvalue weighted by Crippen LogP contribution is 2.29. The first kappa shape index (κ1) is 25.3. The van der Waals surface area contributed by atoms with E-state index in [9.17, 15) is 4.79 Å². The van der Waals surface area contributed by atoms with E-state index in [-0.39, 0.29) is 5.91 Å². The number of aryl methyl sites for hydroxylation is 2. The van der Waals surface area contributed by atoms with Crippen LogP contribution in [0.3, 0.4) is 0 Å². The second kappa shape index (κ2) is 12.2. The minimum absolute atomic E-state index is 0.0705. The van der Waals surface area contributed by atoms with E-state index in [0.29, 0.717) is 12.2 Å². The Morgan fingerprint density at radius 2 is 1.83 bits per heavy atom. The molecule has 5 nitrogen and oxygen atoms in total. The van der Waals surface area contributed by atoms with Crippen molar-refractivity contribution in [1.82, 2.24) is 14.7 Å². The summed E-state index contributed by atoms with van der Waals surface area (Å²) in [5.41, 5.74) is 5.82. The zero-order chi connectivity index (χ0) is 24.6. The van der Waals surface area contributed by atoms with E-state index in [1.165, 1.54) is 50.6 Å². The first-order chi connectivity index (χ1) is 17.1. The van der Waals surface area contributed by atoms with Gasteiger partial charge in [0.1, 0.15) is 11.3 Å². The zero-order valence-corrected chi connectivity index (χ0v) is 21.9. The summed E-state index contributed by atoms with van der Waals surface area (Å²) in [6, 6.07) is 12.7. The number of aromatic nitrogens is 2. The SMILES string of the molecule is CCCN(CCCCC1CCCC1)c1ccc(CNC(=O)c2c(CC)nc3ccc(C)cn23)cc1. The number of hydrogen-bond donors (Lipinski definition) is 1. The number of nitrogens with zero attached hydrogens (tertiary/aromatic N) is 3. The molecule has 0 unspecified atom stereocenters. The van der Waals surface area contributed by atoms with Gasteiger partial charge in [-0.05, 0) is 61.4 Å². The van der Waals surface area contributed by atoms with Gasteiger partial charge < -0.3 is 10.2 Å². The number of amides is 1. The van der Waals surface area contributed by atoms with Crippen LogP contribution in [0, 0.1) is 12.8 Å². The maximum Gasteiger partial charge on any atom is 0.270 e. The fourth-order valence-corrected chi connectivity index (χ4v) is 5.45. The number of nitrogens with one attached hydrogen (secondary N) is 1. The largest absolute Gasteiger partial charge is 0.372 e. The van der Waals surface area contributed by atoms with Gasteiger partial charge in [0.25, 0.3) is 5.91 Å². The summed E-state index contributed by atoms with van der Waals surface area (Å²) in [4.78, 5) is 20.3. The van der Waals surface area contributed by atoms with Crippen LogP contribution in [0.25, 0.3) is 5.65 Å². The predicted molar refractivity (Wildman–Crippen MR) is 145 cm³/mol. The van der Waals surface area contributed by atoms with E-state index in [0.717, 1.165) is 54.3 Å². The summed E-state index contributed by atoms with van der Waals surface area (Å²) >= 11 is 0. The average molecular weight is 475 g/mol. The molecular formula is C30H42N4O. The Balaban J connectivity index is 1.33. The molecule has 1 aliphatic carbocycles. The third-order valence-electron chi connectivity index (χ3n) is 7.40. The number of hydrogen-bond acceptors (Lipinski definition) is 3. The molecule has 4 rings (SSSR count). The second-order valence-electron chi connectivity index (χ2n) is 10.2. The van der Waals surface area contributed by atoms with Crippen molar-refractivity contribution >= 4 is 17.2 Å². The summed E-state index contributed by atoms with van der Waals surface area (Å²) in [5.74, 6) is 0.918. The molecule has 1 aromatic carbocycles. The monoisotopic (exact) mass is 474 g/mol. The molecule has 35 heavy (non-hydrogen) atoms. The highest BCUT2D eigenvalue weighted by molar-refractivity contribution is 5.94. The molecule has 3 aromatic rings. The summed E-state index contributed by atoms with van der Waals surface area (Å²) < 4.78 is 1.92. The number of rotatable bonds is 12. The third kappa shape index (κ3) is 6.45. The Hall–Kier alpha value is -2.82. The number of imidazole rings is 1. The number of benzene rings is 1. The van der Waals surface area contributed by atoms with Crippen molar-refractivity contribution in [2.24, 2.45) is 5.92 Å². The quantitative estimate of drug-likeness (QED) is 0.297. The van der Waals surface area contributed by atoms with Gasteiger partial charge >= 0.3 is 0 Å². The predicted octanol–water partition coefficient (Wildman–Crippen LogP) is 6.71. The van der Waals surface area contributed by atoms with Gasteiger partial charge in [0, 0.05) is 31.5 Å². The molecule has 1 amide bonds. The standard InChI is InChI=1S/C30H42N4O/c1-4-19-33(20-9-8-12-24-10-6-7-11-24)26-16-14-25(15-17-26)21-31-30(35)29-27(5-2)32-28-18-13-23(3)22-34(28)29/h13-18,22,24H,4-12,19-21H2,1-3H3,(H,31,35). The molecule has 188 valence electrons. The fraction of sp³-hybridized carbons (Fsp3) is 0.533. The lowest BCUT2D eigenvalue weighted by Gasteiger charge is -2.25. The van der Waals surface area contributed by atoms with Gasteiger partial charge in [-0.25, -0.2) is 4.98 Å². The van der Waals surface area contributed by atoms with Crippen LogP contribution in [0.4, 0.5) is 5.69 Å². The molecule has 1 fully saturated rings. The number of unbranched alkanes of at least 4 members (excludes halogenated alkanes) is 1. The lowest BCUT2D eigenvalue weighted by atomic mass is 10.0. The summed E-state index contributed by atoms with van der Waals surface area (Å²) in [6.07, 6.45) is 13.7. The number of carbonyl (C=O) groups is 1. The Morgan fingerprint density at radius 1 is 1.06 bits per heavy atom. The van der Waals surface area contributed by atoms with Crippen molar-refractivity contribution in [1.29, 1.82) is 0 Å². The molecular weight excluding hydrogens is 432 g/mol.